The van der Waals surface area contributed by atoms with E-state index >= 15 is 0 Å². The third-order valence-corrected chi connectivity index (χ3v) is 5.47. The van der Waals surface area contributed by atoms with Crippen molar-refractivity contribution in [3.05, 3.63) is 16.1 Å². The average Bonchev–Trinajstić information content (AvgIpc) is 2.57. The van der Waals surface area contributed by atoms with Crippen molar-refractivity contribution in [3.63, 3.8) is 0 Å². The molecule has 1 aromatic heterocycles. The van der Waals surface area contributed by atoms with Crippen molar-refractivity contribution in [1.29, 1.82) is 0 Å². The van der Waals surface area contributed by atoms with Crippen molar-refractivity contribution >= 4 is 11.3 Å². The normalized spacial score (nSPS) is 34.1. The van der Waals surface area contributed by atoms with Crippen molar-refractivity contribution in [2.45, 2.75) is 51.5 Å². The van der Waals surface area contributed by atoms with Crippen molar-refractivity contribution in [1.82, 2.24) is 0 Å². The average molecular weight is 208 g/mol. The van der Waals surface area contributed by atoms with Crippen LogP contribution in [-0.4, -0.2) is 0 Å². The summed E-state index contributed by atoms with van der Waals surface area (Å²) in [6.07, 6.45) is 4.14. The Bertz CT molecular complexity index is 366. The number of rotatable bonds is 1. The molecule has 2 unspecified atom stereocenters. The molecule has 2 aliphatic rings. The molecule has 0 radical (unpaired) electrons. The van der Waals surface area contributed by atoms with Gasteiger partial charge in [0.05, 0.1) is 4.88 Å². The minimum absolute atomic E-state index is 0.535. The number of hydrogen-bond donors (Lipinski definition) is 0. The highest BCUT2D eigenvalue weighted by atomic mass is 32.1. The van der Waals surface area contributed by atoms with Crippen LogP contribution in [0.25, 0.3) is 0 Å². The van der Waals surface area contributed by atoms with Crippen LogP contribution in [0.5, 0.6) is 0 Å². The molecule has 2 atom stereocenters. The van der Waals surface area contributed by atoms with Crippen LogP contribution in [0.2, 0.25) is 0 Å². The summed E-state index contributed by atoms with van der Waals surface area (Å²) in [7, 11) is 0. The Balaban J connectivity index is 2.20. The molecule has 0 fully saturated rings. The van der Waals surface area contributed by atoms with Gasteiger partial charge in [0.1, 0.15) is 5.41 Å². The zero-order chi connectivity index (χ0) is 9.92. The number of aryl methyl sites for hydroxylation is 1. The quantitative estimate of drug-likeness (QED) is 0.625. The Kier molecular flexibility index (Phi) is 1.65. The summed E-state index contributed by atoms with van der Waals surface area (Å²) >= 11 is 1.98. The van der Waals surface area contributed by atoms with Crippen LogP contribution >= 0.6 is 11.3 Å². The van der Waals surface area contributed by atoms with E-state index in [0.29, 0.717) is 5.41 Å². The Morgan fingerprint density at radius 2 is 2.36 bits per heavy atom. The molecule has 2 heteroatoms. The van der Waals surface area contributed by atoms with E-state index in [4.69, 9.17) is 0 Å². The van der Waals surface area contributed by atoms with Crippen LogP contribution in [0.1, 0.15) is 50.2 Å². The highest BCUT2D eigenvalue weighted by Gasteiger charge is 2.63. The molecule has 14 heavy (non-hydrogen) atoms. The van der Waals surface area contributed by atoms with E-state index in [1.54, 1.807) is 10.6 Å². The van der Waals surface area contributed by atoms with Gasteiger partial charge in [-0.2, -0.15) is 4.57 Å². The zero-order valence-corrected chi connectivity index (χ0v) is 10.0. The first-order valence-corrected chi connectivity index (χ1v) is 6.58. The maximum absolute atomic E-state index is 2.51. The van der Waals surface area contributed by atoms with Gasteiger partial charge in [-0.05, 0) is 32.1 Å². The van der Waals surface area contributed by atoms with E-state index < -0.39 is 0 Å². The Labute approximate surface area is 89.8 Å². The minimum Gasteiger partial charge on any atom is -0.188 e. The maximum Gasteiger partial charge on any atom is 0.225 e. The monoisotopic (exact) mass is 208 g/mol. The van der Waals surface area contributed by atoms with Crippen molar-refractivity contribution in [2.24, 2.45) is 5.92 Å². The van der Waals surface area contributed by atoms with Crippen molar-refractivity contribution in [3.8, 4) is 0 Å². The molecule has 0 amide bonds. The standard InChI is InChI=1S/C12H18NS/c1-8(2)12-6-4-5-10-11(12)13(7-14-10)9(12)3/h7-9H,4-6H2,1-3H3/q+1. The topological polar surface area (TPSA) is 3.88 Å². The lowest BCUT2D eigenvalue weighted by atomic mass is 9.59. The van der Waals surface area contributed by atoms with Gasteiger partial charge >= 0.3 is 0 Å². The third-order valence-electron chi connectivity index (χ3n) is 4.46. The highest BCUT2D eigenvalue weighted by molar-refractivity contribution is 7.09. The number of nitrogens with zero attached hydrogens (tertiary/aromatic N) is 1. The van der Waals surface area contributed by atoms with Crippen LogP contribution in [-0.2, 0) is 11.8 Å². The van der Waals surface area contributed by atoms with E-state index in [2.05, 4.69) is 30.8 Å². The number of hydrogen-bond acceptors (Lipinski definition) is 1. The minimum atomic E-state index is 0.535. The lowest BCUT2D eigenvalue weighted by molar-refractivity contribution is -0.784. The summed E-state index contributed by atoms with van der Waals surface area (Å²) < 4.78 is 2.51. The molecular weight excluding hydrogens is 190 g/mol. The second-order valence-electron chi connectivity index (χ2n) is 5.13. The zero-order valence-electron chi connectivity index (χ0n) is 9.21. The summed E-state index contributed by atoms with van der Waals surface area (Å²) in [5, 5.41) is 0. The summed E-state index contributed by atoms with van der Waals surface area (Å²) in [6.45, 7) is 7.19. The first-order chi connectivity index (χ1) is 6.68. The molecule has 0 N–H and O–H groups in total. The molecule has 1 aromatic rings. The summed E-state index contributed by atoms with van der Waals surface area (Å²) in [4.78, 5) is 1.67. The van der Waals surface area contributed by atoms with Crippen LogP contribution < -0.4 is 4.57 Å². The molecule has 1 aliphatic carbocycles. The van der Waals surface area contributed by atoms with E-state index in [9.17, 15) is 0 Å². The van der Waals surface area contributed by atoms with Crippen LogP contribution in [0.3, 0.4) is 0 Å². The molecule has 0 saturated heterocycles. The van der Waals surface area contributed by atoms with E-state index in [0.717, 1.165) is 12.0 Å². The first kappa shape index (κ1) is 8.90. The molecule has 1 aliphatic heterocycles. The van der Waals surface area contributed by atoms with Gasteiger partial charge in [-0.25, -0.2) is 0 Å². The maximum atomic E-state index is 2.51. The molecule has 3 rings (SSSR count). The van der Waals surface area contributed by atoms with E-state index in [1.807, 2.05) is 11.3 Å². The smallest absolute Gasteiger partial charge is 0.188 e. The van der Waals surface area contributed by atoms with Gasteiger partial charge in [-0.1, -0.05) is 25.2 Å². The molecular formula is C12H18NS+. The third kappa shape index (κ3) is 0.758. The lowest BCUT2D eigenvalue weighted by Crippen LogP contribution is -2.68. The molecule has 0 aromatic carbocycles. The second kappa shape index (κ2) is 2.60. The lowest BCUT2D eigenvalue weighted by Gasteiger charge is -2.46. The van der Waals surface area contributed by atoms with Crippen LogP contribution in [0.4, 0.5) is 0 Å². The number of aromatic nitrogens is 1. The summed E-state index contributed by atoms with van der Waals surface area (Å²) in [5.74, 6) is 0.797. The van der Waals surface area contributed by atoms with Crippen LogP contribution in [0.15, 0.2) is 5.51 Å². The SMILES string of the molecule is CC(C)C12CCCc3sc[n+](c31)C2C. The van der Waals surface area contributed by atoms with Gasteiger partial charge in [-0.15, -0.1) is 0 Å². The van der Waals surface area contributed by atoms with Crippen molar-refractivity contribution < 1.29 is 4.57 Å². The van der Waals surface area contributed by atoms with E-state index in [1.165, 1.54) is 19.3 Å². The Morgan fingerprint density at radius 1 is 1.57 bits per heavy atom. The fraction of sp³-hybridized carbons (Fsp3) is 0.750. The van der Waals surface area contributed by atoms with Gasteiger partial charge in [0, 0.05) is 0 Å². The summed E-state index contributed by atoms with van der Waals surface area (Å²) in [5.41, 5.74) is 4.56. The highest BCUT2D eigenvalue weighted by Crippen LogP contribution is 2.54. The van der Waals surface area contributed by atoms with Gasteiger partial charge in [0.15, 0.2) is 6.04 Å². The van der Waals surface area contributed by atoms with Crippen molar-refractivity contribution in [2.75, 3.05) is 0 Å². The Hall–Kier alpha value is -0.370. The first-order valence-electron chi connectivity index (χ1n) is 5.70. The van der Waals surface area contributed by atoms with Gasteiger partial charge in [0.25, 0.3) is 0 Å². The largest absolute Gasteiger partial charge is 0.225 e. The van der Waals surface area contributed by atoms with Crippen LogP contribution in [0, 0.1) is 5.92 Å². The molecule has 76 valence electrons. The predicted molar refractivity (Wildman–Crippen MR) is 58.7 cm³/mol. The van der Waals surface area contributed by atoms with Gasteiger partial charge < -0.3 is 0 Å². The van der Waals surface area contributed by atoms with Gasteiger partial charge in [-0.3, -0.25) is 0 Å². The predicted octanol–water partition coefficient (Wildman–Crippen LogP) is 2.84. The fourth-order valence-electron chi connectivity index (χ4n) is 3.63. The van der Waals surface area contributed by atoms with E-state index in [-0.39, 0.29) is 0 Å². The number of thiazole rings is 1. The molecule has 0 saturated carbocycles. The van der Waals surface area contributed by atoms with Gasteiger partial charge in [0.2, 0.25) is 11.2 Å². The Morgan fingerprint density at radius 3 is 3.07 bits per heavy atom. The fourth-order valence-corrected chi connectivity index (χ4v) is 4.83. The molecule has 0 bridgehead atoms. The molecule has 0 spiro atoms. The summed E-state index contributed by atoms with van der Waals surface area (Å²) in [6, 6.07) is 0.739. The molecule has 2 heterocycles. The molecule has 1 nitrogen and oxygen atoms in total. The second-order valence-corrected chi connectivity index (χ2v) is 6.07.